The number of nitrogens with one attached hydrogen (secondary N) is 3. The zero-order valence-corrected chi connectivity index (χ0v) is 10.2. The molecule has 4 heteroatoms. The Labute approximate surface area is 106 Å². The first-order chi connectivity index (χ1) is 8.81. The summed E-state index contributed by atoms with van der Waals surface area (Å²) in [5.74, 6) is 0.597. The van der Waals surface area contributed by atoms with Crippen molar-refractivity contribution in [3.63, 3.8) is 0 Å². The monoisotopic (exact) mass is 243 g/mol. The predicted octanol–water partition coefficient (Wildman–Crippen LogP) is 2.11. The first-order valence-corrected chi connectivity index (χ1v) is 6.39. The van der Waals surface area contributed by atoms with E-state index in [4.69, 9.17) is 0 Å². The maximum atomic E-state index is 11.9. The highest BCUT2D eigenvalue weighted by Crippen LogP contribution is 2.19. The van der Waals surface area contributed by atoms with Gasteiger partial charge in [0.15, 0.2) is 0 Å². The fraction of sp³-hybridized carbons (Fsp3) is 0.357. The standard InChI is InChI=1S/C14H17N3O/c18-14(7-10-3-5-15-9-10)17-12-1-2-13-11(8-12)4-6-16-13/h1-2,4,6,8,10,15-16H,3,5,7,9H2,(H,17,18). The third-order valence-corrected chi connectivity index (χ3v) is 3.47. The van der Waals surface area contributed by atoms with E-state index in [2.05, 4.69) is 15.6 Å². The highest BCUT2D eigenvalue weighted by Gasteiger charge is 2.17. The lowest BCUT2D eigenvalue weighted by atomic mass is 10.0. The molecule has 1 unspecified atom stereocenters. The molecule has 94 valence electrons. The lowest BCUT2D eigenvalue weighted by Crippen LogP contribution is -2.18. The van der Waals surface area contributed by atoms with Gasteiger partial charge in [0.25, 0.3) is 0 Å². The number of amides is 1. The summed E-state index contributed by atoms with van der Waals surface area (Å²) in [5, 5.41) is 7.37. The Bertz CT molecular complexity index is 555. The van der Waals surface area contributed by atoms with Crippen molar-refractivity contribution in [2.24, 2.45) is 5.92 Å². The first kappa shape index (κ1) is 11.3. The number of H-pyrrole nitrogens is 1. The summed E-state index contributed by atoms with van der Waals surface area (Å²) in [6.45, 7) is 2.00. The number of carbonyl (C=O) groups is 1. The maximum absolute atomic E-state index is 11.9. The molecular formula is C14H17N3O. The summed E-state index contributed by atoms with van der Waals surface area (Å²) >= 11 is 0. The molecule has 0 spiro atoms. The summed E-state index contributed by atoms with van der Waals surface area (Å²) < 4.78 is 0. The van der Waals surface area contributed by atoms with E-state index in [0.29, 0.717) is 12.3 Å². The van der Waals surface area contributed by atoms with E-state index < -0.39 is 0 Å². The smallest absolute Gasteiger partial charge is 0.224 e. The Morgan fingerprint density at radius 2 is 2.33 bits per heavy atom. The summed E-state index contributed by atoms with van der Waals surface area (Å²) in [4.78, 5) is 15.0. The van der Waals surface area contributed by atoms with Crippen LogP contribution in [0.25, 0.3) is 10.9 Å². The number of carbonyl (C=O) groups excluding carboxylic acids is 1. The molecule has 1 fully saturated rings. The van der Waals surface area contributed by atoms with Gasteiger partial charge in [-0.25, -0.2) is 0 Å². The van der Waals surface area contributed by atoms with Gasteiger partial charge in [-0.15, -0.1) is 0 Å². The predicted molar refractivity (Wildman–Crippen MR) is 72.5 cm³/mol. The van der Waals surface area contributed by atoms with Crippen molar-refractivity contribution in [3.8, 4) is 0 Å². The molecule has 2 heterocycles. The van der Waals surface area contributed by atoms with E-state index in [0.717, 1.165) is 36.1 Å². The molecule has 1 atom stereocenters. The average Bonchev–Trinajstić information content (AvgIpc) is 2.98. The van der Waals surface area contributed by atoms with Crippen molar-refractivity contribution < 1.29 is 4.79 Å². The second-order valence-corrected chi connectivity index (χ2v) is 4.89. The second-order valence-electron chi connectivity index (χ2n) is 4.89. The van der Waals surface area contributed by atoms with Crippen molar-refractivity contribution in [1.82, 2.24) is 10.3 Å². The number of hydrogen-bond acceptors (Lipinski definition) is 2. The van der Waals surface area contributed by atoms with Crippen molar-refractivity contribution >= 4 is 22.5 Å². The quantitative estimate of drug-likeness (QED) is 0.773. The minimum absolute atomic E-state index is 0.110. The van der Waals surface area contributed by atoms with Gasteiger partial charge in [-0.2, -0.15) is 0 Å². The number of aromatic nitrogens is 1. The number of hydrogen-bond donors (Lipinski definition) is 3. The fourth-order valence-corrected chi connectivity index (χ4v) is 2.49. The highest BCUT2D eigenvalue weighted by atomic mass is 16.1. The lowest BCUT2D eigenvalue weighted by Gasteiger charge is -2.09. The minimum Gasteiger partial charge on any atom is -0.361 e. The van der Waals surface area contributed by atoms with E-state index in [1.807, 2.05) is 30.5 Å². The van der Waals surface area contributed by atoms with E-state index >= 15 is 0 Å². The highest BCUT2D eigenvalue weighted by molar-refractivity contribution is 5.93. The molecule has 1 aliphatic heterocycles. The number of benzene rings is 1. The van der Waals surface area contributed by atoms with Gasteiger partial charge in [-0.05, 0) is 49.7 Å². The van der Waals surface area contributed by atoms with Crippen LogP contribution in [0.3, 0.4) is 0 Å². The van der Waals surface area contributed by atoms with Crippen molar-refractivity contribution in [1.29, 1.82) is 0 Å². The average molecular weight is 243 g/mol. The van der Waals surface area contributed by atoms with Gasteiger partial charge in [0, 0.05) is 29.2 Å². The Morgan fingerprint density at radius 3 is 3.17 bits per heavy atom. The topological polar surface area (TPSA) is 56.9 Å². The van der Waals surface area contributed by atoms with Crippen LogP contribution in [0.5, 0.6) is 0 Å². The molecule has 4 nitrogen and oxygen atoms in total. The fourth-order valence-electron chi connectivity index (χ4n) is 2.49. The molecule has 1 aromatic heterocycles. The minimum atomic E-state index is 0.110. The van der Waals surface area contributed by atoms with E-state index in [1.54, 1.807) is 0 Å². The molecule has 0 saturated carbocycles. The maximum Gasteiger partial charge on any atom is 0.224 e. The van der Waals surface area contributed by atoms with Crippen LogP contribution in [-0.2, 0) is 4.79 Å². The van der Waals surface area contributed by atoms with Crippen LogP contribution in [0.2, 0.25) is 0 Å². The third-order valence-electron chi connectivity index (χ3n) is 3.47. The zero-order chi connectivity index (χ0) is 12.4. The molecule has 0 radical (unpaired) electrons. The molecule has 3 rings (SSSR count). The van der Waals surface area contributed by atoms with Crippen LogP contribution in [0.4, 0.5) is 5.69 Å². The van der Waals surface area contributed by atoms with Gasteiger partial charge in [-0.1, -0.05) is 0 Å². The van der Waals surface area contributed by atoms with Gasteiger partial charge in [0.2, 0.25) is 5.91 Å². The van der Waals surface area contributed by atoms with Crippen molar-refractivity contribution in [3.05, 3.63) is 30.5 Å². The van der Waals surface area contributed by atoms with Crippen LogP contribution in [0.15, 0.2) is 30.5 Å². The second kappa shape index (κ2) is 4.82. The normalized spacial score (nSPS) is 19.2. The lowest BCUT2D eigenvalue weighted by molar-refractivity contribution is -0.116. The van der Waals surface area contributed by atoms with Crippen LogP contribution >= 0.6 is 0 Å². The van der Waals surface area contributed by atoms with Crippen LogP contribution < -0.4 is 10.6 Å². The van der Waals surface area contributed by atoms with Crippen LogP contribution in [0.1, 0.15) is 12.8 Å². The number of aromatic amines is 1. The molecule has 0 bridgehead atoms. The zero-order valence-electron chi connectivity index (χ0n) is 10.2. The van der Waals surface area contributed by atoms with Crippen LogP contribution in [-0.4, -0.2) is 24.0 Å². The Kier molecular flexibility index (Phi) is 3.02. The summed E-state index contributed by atoms with van der Waals surface area (Å²) in [6.07, 6.45) is 3.61. The Morgan fingerprint density at radius 1 is 1.39 bits per heavy atom. The summed E-state index contributed by atoms with van der Waals surface area (Å²) in [7, 11) is 0. The number of fused-ring (bicyclic) bond motifs is 1. The van der Waals surface area contributed by atoms with E-state index in [1.165, 1.54) is 0 Å². The summed E-state index contributed by atoms with van der Waals surface area (Å²) in [6, 6.07) is 7.92. The molecule has 1 aliphatic rings. The molecule has 2 aromatic rings. The molecule has 3 N–H and O–H groups in total. The third kappa shape index (κ3) is 2.38. The van der Waals surface area contributed by atoms with Crippen molar-refractivity contribution in [2.75, 3.05) is 18.4 Å². The molecule has 0 aliphatic carbocycles. The first-order valence-electron chi connectivity index (χ1n) is 6.39. The van der Waals surface area contributed by atoms with Gasteiger partial charge >= 0.3 is 0 Å². The number of anilines is 1. The van der Waals surface area contributed by atoms with Crippen molar-refractivity contribution in [2.45, 2.75) is 12.8 Å². The SMILES string of the molecule is O=C(CC1CCNC1)Nc1ccc2[nH]ccc2c1. The Hall–Kier alpha value is -1.81. The van der Waals surface area contributed by atoms with E-state index in [9.17, 15) is 4.79 Å². The largest absolute Gasteiger partial charge is 0.361 e. The van der Waals surface area contributed by atoms with Gasteiger partial charge in [0.05, 0.1) is 0 Å². The number of rotatable bonds is 3. The molecular weight excluding hydrogens is 226 g/mol. The van der Waals surface area contributed by atoms with E-state index in [-0.39, 0.29) is 5.91 Å². The van der Waals surface area contributed by atoms with Gasteiger partial charge in [0.1, 0.15) is 0 Å². The molecule has 1 aromatic carbocycles. The molecule has 1 saturated heterocycles. The Balaban J connectivity index is 1.65. The molecule has 1 amide bonds. The van der Waals surface area contributed by atoms with Gasteiger partial charge < -0.3 is 15.6 Å². The van der Waals surface area contributed by atoms with Crippen LogP contribution in [0, 0.1) is 5.92 Å². The van der Waals surface area contributed by atoms with Gasteiger partial charge in [-0.3, -0.25) is 4.79 Å². The summed E-state index contributed by atoms with van der Waals surface area (Å²) in [5.41, 5.74) is 1.96. The molecule has 18 heavy (non-hydrogen) atoms.